The summed E-state index contributed by atoms with van der Waals surface area (Å²) in [5.74, 6) is 0.925. The fourth-order valence-electron chi connectivity index (χ4n) is 1.78. The van der Waals surface area contributed by atoms with E-state index in [2.05, 4.69) is 10.3 Å². The fraction of sp³-hybridized carbons (Fsp3) is 0.231. The van der Waals surface area contributed by atoms with Crippen molar-refractivity contribution in [1.82, 2.24) is 4.98 Å². The van der Waals surface area contributed by atoms with E-state index in [9.17, 15) is 10.1 Å². The molecular formula is C13H12N4O3. The number of furan rings is 1. The first-order valence-corrected chi connectivity index (χ1v) is 5.93. The average Bonchev–Trinajstić information content (AvgIpc) is 2.91. The van der Waals surface area contributed by atoms with Crippen molar-refractivity contribution in [3.05, 3.63) is 52.1 Å². The van der Waals surface area contributed by atoms with Crippen molar-refractivity contribution < 1.29 is 9.34 Å². The summed E-state index contributed by atoms with van der Waals surface area (Å²) in [7, 11) is 0. The second-order valence-corrected chi connectivity index (χ2v) is 4.29. The lowest BCUT2D eigenvalue weighted by Crippen LogP contribution is -2.19. The molecule has 2 aromatic heterocycles. The van der Waals surface area contributed by atoms with Gasteiger partial charge in [-0.2, -0.15) is 5.26 Å². The van der Waals surface area contributed by atoms with Crippen molar-refractivity contribution in [2.24, 2.45) is 0 Å². The van der Waals surface area contributed by atoms with E-state index < -0.39 is 4.92 Å². The number of nitriles is 1. The number of nitrogens with one attached hydrogen (secondary N) is 1. The molecule has 0 aliphatic carbocycles. The van der Waals surface area contributed by atoms with E-state index in [0.717, 1.165) is 5.76 Å². The second kappa shape index (κ2) is 5.84. The molecule has 0 spiro atoms. The Balaban J connectivity index is 2.16. The minimum Gasteiger partial charge on any atom is -0.469 e. The van der Waals surface area contributed by atoms with E-state index in [1.807, 2.05) is 19.1 Å². The Hall–Kier alpha value is -2.88. The zero-order chi connectivity index (χ0) is 14.5. The molecule has 0 aliphatic heterocycles. The summed E-state index contributed by atoms with van der Waals surface area (Å²) in [6.07, 6.45) is 3.45. The number of hydrogen-bond donors (Lipinski definition) is 1. The summed E-state index contributed by atoms with van der Waals surface area (Å²) in [6, 6.07) is 6.55. The minimum atomic E-state index is -0.560. The van der Waals surface area contributed by atoms with Crippen molar-refractivity contribution >= 4 is 11.5 Å². The summed E-state index contributed by atoms with van der Waals surface area (Å²) in [6.45, 7) is 1.87. The molecular weight excluding hydrogens is 260 g/mol. The van der Waals surface area contributed by atoms with Gasteiger partial charge in [-0.1, -0.05) is 0 Å². The Morgan fingerprint density at radius 2 is 2.45 bits per heavy atom. The zero-order valence-electron chi connectivity index (χ0n) is 10.7. The minimum absolute atomic E-state index is 0.0970. The van der Waals surface area contributed by atoms with Crippen LogP contribution < -0.4 is 5.32 Å². The maximum atomic E-state index is 11.0. The Morgan fingerprint density at radius 1 is 1.65 bits per heavy atom. The molecule has 0 saturated heterocycles. The molecule has 0 bridgehead atoms. The normalized spacial score (nSPS) is 11.6. The van der Waals surface area contributed by atoms with Gasteiger partial charge in [0.2, 0.25) is 5.82 Å². The van der Waals surface area contributed by atoms with E-state index in [-0.39, 0.29) is 23.1 Å². The first-order chi connectivity index (χ1) is 9.60. The molecule has 0 aromatic carbocycles. The predicted octanol–water partition coefficient (Wildman–Crippen LogP) is 2.50. The predicted molar refractivity (Wildman–Crippen MR) is 71.1 cm³/mol. The third kappa shape index (κ3) is 3.11. The van der Waals surface area contributed by atoms with Crippen LogP contribution in [-0.2, 0) is 6.42 Å². The molecule has 0 amide bonds. The molecule has 7 heteroatoms. The van der Waals surface area contributed by atoms with E-state index >= 15 is 0 Å². The lowest BCUT2D eigenvalue weighted by molar-refractivity contribution is -0.384. The maximum absolute atomic E-state index is 11.0. The maximum Gasteiger partial charge on any atom is 0.312 e. The van der Waals surface area contributed by atoms with Gasteiger partial charge in [0.1, 0.15) is 11.8 Å². The van der Waals surface area contributed by atoms with E-state index in [4.69, 9.17) is 9.68 Å². The number of pyridine rings is 1. The van der Waals surface area contributed by atoms with Crippen LogP contribution in [0.5, 0.6) is 0 Å². The van der Waals surface area contributed by atoms with Crippen LogP contribution in [0.15, 0.2) is 35.1 Å². The van der Waals surface area contributed by atoms with Gasteiger partial charge >= 0.3 is 5.69 Å². The Morgan fingerprint density at radius 3 is 3.05 bits per heavy atom. The lowest BCUT2D eigenvalue weighted by Gasteiger charge is -2.13. The number of aromatic nitrogens is 1. The molecule has 0 radical (unpaired) electrons. The van der Waals surface area contributed by atoms with E-state index in [0.29, 0.717) is 6.42 Å². The van der Waals surface area contributed by atoms with Gasteiger partial charge in [0.15, 0.2) is 0 Å². The van der Waals surface area contributed by atoms with Gasteiger partial charge in [-0.3, -0.25) is 10.1 Å². The number of anilines is 1. The van der Waals surface area contributed by atoms with Crippen LogP contribution in [0.25, 0.3) is 0 Å². The van der Waals surface area contributed by atoms with Gasteiger partial charge in [-0.05, 0) is 19.1 Å². The van der Waals surface area contributed by atoms with Crippen molar-refractivity contribution in [2.45, 2.75) is 19.4 Å². The Kier molecular flexibility index (Phi) is 3.96. The average molecular weight is 272 g/mol. The quantitative estimate of drug-likeness (QED) is 0.662. The summed E-state index contributed by atoms with van der Waals surface area (Å²) < 4.78 is 5.22. The van der Waals surface area contributed by atoms with E-state index in [1.165, 1.54) is 12.3 Å². The van der Waals surface area contributed by atoms with Crippen molar-refractivity contribution in [2.75, 3.05) is 5.32 Å². The number of nitrogens with zero attached hydrogens (tertiary/aromatic N) is 3. The van der Waals surface area contributed by atoms with Crippen molar-refractivity contribution in [3.63, 3.8) is 0 Å². The number of nitro groups is 1. The highest BCUT2D eigenvalue weighted by atomic mass is 16.6. The van der Waals surface area contributed by atoms with Crippen molar-refractivity contribution in [3.8, 4) is 6.07 Å². The number of rotatable bonds is 5. The SMILES string of the molecule is CC(Cc1ccco1)Nc1ncc(C#N)cc1[N+](=O)[O-]. The Labute approximate surface area is 115 Å². The van der Waals surface area contributed by atoms with Gasteiger partial charge in [0, 0.05) is 24.7 Å². The van der Waals surface area contributed by atoms with Crippen LogP contribution in [0, 0.1) is 21.4 Å². The van der Waals surface area contributed by atoms with Crippen LogP contribution in [0.3, 0.4) is 0 Å². The molecule has 102 valence electrons. The summed E-state index contributed by atoms with van der Waals surface area (Å²) >= 11 is 0. The standard InChI is InChI=1S/C13H12N4O3/c1-9(5-11-3-2-4-20-11)16-13-12(17(18)19)6-10(7-14)8-15-13/h2-4,6,8-9H,5H2,1H3,(H,15,16). The third-order valence-corrected chi connectivity index (χ3v) is 2.66. The van der Waals surface area contributed by atoms with Crippen LogP contribution in [0.2, 0.25) is 0 Å². The highest BCUT2D eigenvalue weighted by Crippen LogP contribution is 2.23. The summed E-state index contributed by atoms with van der Waals surface area (Å²) in [5, 5.41) is 22.7. The van der Waals surface area contributed by atoms with Crippen LogP contribution in [0.1, 0.15) is 18.2 Å². The Bertz CT molecular complexity index is 646. The molecule has 2 rings (SSSR count). The van der Waals surface area contributed by atoms with E-state index in [1.54, 1.807) is 12.3 Å². The molecule has 0 saturated carbocycles. The van der Waals surface area contributed by atoms with Gasteiger partial charge in [-0.15, -0.1) is 0 Å². The molecule has 2 heterocycles. The van der Waals surface area contributed by atoms with Gasteiger partial charge in [0.05, 0.1) is 16.7 Å². The highest BCUT2D eigenvalue weighted by Gasteiger charge is 2.18. The molecule has 0 aliphatic rings. The smallest absolute Gasteiger partial charge is 0.312 e. The lowest BCUT2D eigenvalue weighted by atomic mass is 10.2. The zero-order valence-corrected chi connectivity index (χ0v) is 10.7. The molecule has 0 fully saturated rings. The third-order valence-electron chi connectivity index (χ3n) is 2.66. The molecule has 2 aromatic rings. The summed E-state index contributed by atoms with van der Waals surface area (Å²) in [5.41, 5.74) is -0.0590. The van der Waals surface area contributed by atoms with Crippen LogP contribution >= 0.6 is 0 Å². The molecule has 20 heavy (non-hydrogen) atoms. The molecule has 1 atom stereocenters. The van der Waals surface area contributed by atoms with Gasteiger partial charge in [-0.25, -0.2) is 4.98 Å². The second-order valence-electron chi connectivity index (χ2n) is 4.29. The van der Waals surface area contributed by atoms with Crippen LogP contribution in [-0.4, -0.2) is 15.9 Å². The molecule has 1 unspecified atom stereocenters. The van der Waals surface area contributed by atoms with Gasteiger partial charge < -0.3 is 9.73 Å². The largest absolute Gasteiger partial charge is 0.469 e. The molecule has 1 N–H and O–H groups in total. The number of hydrogen-bond acceptors (Lipinski definition) is 6. The fourth-order valence-corrected chi connectivity index (χ4v) is 1.78. The van der Waals surface area contributed by atoms with Crippen LogP contribution in [0.4, 0.5) is 11.5 Å². The monoisotopic (exact) mass is 272 g/mol. The summed E-state index contributed by atoms with van der Waals surface area (Å²) in [4.78, 5) is 14.4. The highest BCUT2D eigenvalue weighted by molar-refractivity contribution is 5.58. The topological polar surface area (TPSA) is 105 Å². The van der Waals surface area contributed by atoms with Crippen molar-refractivity contribution in [1.29, 1.82) is 5.26 Å². The van der Waals surface area contributed by atoms with Gasteiger partial charge in [0.25, 0.3) is 0 Å². The molecule has 7 nitrogen and oxygen atoms in total. The first-order valence-electron chi connectivity index (χ1n) is 5.93. The first kappa shape index (κ1) is 13.5.